The average Bonchev–Trinajstić information content (AvgIpc) is 3.25. The molecule has 0 N–H and O–H groups in total. The number of para-hydroxylation sites is 1. The molecule has 0 unspecified atom stereocenters. The number of rotatable bonds is 5. The molecular formula is C22H22FN3O2S. The molecule has 3 aromatic rings. The molecule has 0 aliphatic carbocycles. The number of piperidine rings is 1. The van der Waals surface area contributed by atoms with Gasteiger partial charge in [-0.05, 0) is 42.7 Å². The zero-order chi connectivity index (χ0) is 20.2. The Morgan fingerprint density at radius 2 is 1.86 bits per heavy atom. The van der Waals surface area contributed by atoms with Crippen LogP contribution in [0.2, 0.25) is 0 Å². The van der Waals surface area contributed by atoms with Gasteiger partial charge in [0, 0.05) is 19.0 Å². The lowest BCUT2D eigenvalue weighted by Crippen LogP contribution is -2.38. The normalized spacial score (nSPS) is 14.8. The number of ether oxygens (including phenoxy) is 1. The van der Waals surface area contributed by atoms with Gasteiger partial charge in [0.15, 0.2) is 5.01 Å². The first kappa shape index (κ1) is 19.5. The van der Waals surface area contributed by atoms with Crippen molar-refractivity contribution in [3.05, 3.63) is 64.9 Å². The maximum Gasteiger partial charge on any atom is 0.226 e. The molecule has 1 aliphatic rings. The van der Waals surface area contributed by atoms with Gasteiger partial charge in [-0.15, -0.1) is 10.2 Å². The lowest BCUT2D eigenvalue weighted by Gasteiger charge is -2.31. The van der Waals surface area contributed by atoms with E-state index in [4.69, 9.17) is 4.74 Å². The van der Waals surface area contributed by atoms with Crippen LogP contribution in [-0.4, -0.2) is 41.2 Å². The number of hydrogen-bond acceptors (Lipinski definition) is 5. The van der Waals surface area contributed by atoms with Crippen molar-refractivity contribution in [3.63, 3.8) is 0 Å². The van der Waals surface area contributed by atoms with Crippen LogP contribution in [0, 0.1) is 5.82 Å². The number of hydrogen-bond donors (Lipinski definition) is 0. The Kier molecular flexibility index (Phi) is 5.85. The van der Waals surface area contributed by atoms with Crippen molar-refractivity contribution in [2.24, 2.45) is 0 Å². The molecule has 1 aliphatic heterocycles. The van der Waals surface area contributed by atoms with Gasteiger partial charge >= 0.3 is 0 Å². The third-order valence-corrected chi connectivity index (χ3v) is 6.36. The number of amides is 1. The average molecular weight is 412 g/mol. The summed E-state index contributed by atoms with van der Waals surface area (Å²) in [5.41, 5.74) is 1.79. The number of methoxy groups -OCH3 is 1. The Balaban J connectivity index is 1.37. The van der Waals surface area contributed by atoms with Crippen LogP contribution in [0.3, 0.4) is 0 Å². The monoisotopic (exact) mass is 411 g/mol. The van der Waals surface area contributed by atoms with Crippen LogP contribution in [0.5, 0.6) is 5.75 Å². The third-order valence-electron chi connectivity index (χ3n) is 5.24. The number of carbonyl (C=O) groups excluding carboxylic acids is 1. The largest absolute Gasteiger partial charge is 0.496 e. The van der Waals surface area contributed by atoms with Crippen molar-refractivity contribution in [2.45, 2.75) is 25.2 Å². The van der Waals surface area contributed by atoms with Crippen molar-refractivity contribution in [1.82, 2.24) is 15.1 Å². The number of nitrogens with zero attached hydrogens (tertiary/aromatic N) is 3. The molecule has 0 spiro atoms. The zero-order valence-corrected chi connectivity index (χ0v) is 17.0. The highest BCUT2D eigenvalue weighted by molar-refractivity contribution is 7.14. The quantitative estimate of drug-likeness (QED) is 0.628. The fourth-order valence-corrected chi connectivity index (χ4v) is 4.64. The van der Waals surface area contributed by atoms with E-state index in [0.29, 0.717) is 25.4 Å². The van der Waals surface area contributed by atoms with E-state index in [-0.39, 0.29) is 11.7 Å². The molecule has 0 bridgehead atoms. The minimum Gasteiger partial charge on any atom is -0.496 e. The van der Waals surface area contributed by atoms with Gasteiger partial charge < -0.3 is 9.64 Å². The van der Waals surface area contributed by atoms with Crippen molar-refractivity contribution >= 4 is 17.2 Å². The maximum atomic E-state index is 13.0. The highest BCUT2D eigenvalue weighted by atomic mass is 32.1. The van der Waals surface area contributed by atoms with Crippen LogP contribution in [0.25, 0.3) is 10.6 Å². The van der Waals surface area contributed by atoms with Crippen molar-refractivity contribution < 1.29 is 13.9 Å². The van der Waals surface area contributed by atoms with Gasteiger partial charge in [0.05, 0.1) is 19.1 Å². The molecule has 150 valence electrons. The van der Waals surface area contributed by atoms with E-state index in [1.165, 1.54) is 12.1 Å². The maximum absolute atomic E-state index is 13.0. The van der Waals surface area contributed by atoms with Crippen LogP contribution in [0.15, 0.2) is 48.5 Å². The predicted molar refractivity (Wildman–Crippen MR) is 111 cm³/mol. The molecule has 0 radical (unpaired) electrons. The fourth-order valence-electron chi connectivity index (χ4n) is 3.59. The topological polar surface area (TPSA) is 55.3 Å². The smallest absolute Gasteiger partial charge is 0.226 e. The second kappa shape index (κ2) is 8.69. The predicted octanol–water partition coefficient (Wildman–Crippen LogP) is 4.30. The summed E-state index contributed by atoms with van der Waals surface area (Å²) in [5.74, 6) is 0.899. The van der Waals surface area contributed by atoms with Crippen LogP contribution in [-0.2, 0) is 11.2 Å². The van der Waals surface area contributed by atoms with Gasteiger partial charge in [-0.2, -0.15) is 0 Å². The van der Waals surface area contributed by atoms with Crippen LogP contribution >= 0.6 is 11.3 Å². The first-order valence-corrected chi connectivity index (χ1v) is 10.4. The molecule has 4 rings (SSSR count). The number of carbonyl (C=O) groups is 1. The van der Waals surface area contributed by atoms with E-state index in [0.717, 1.165) is 39.7 Å². The van der Waals surface area contributed by atoms with Crippen LogP contribution in [0.1, 0.15) is 29.3 Å². The summed E-state index contributed by atoms with van der Waals surface area (Å²) in [5, 5.41) is 10.6. The van der Waals surface area contributed by atoms with Gasteiger partial charge in [0.1, 0.15) is 16.6 Å². The van der Waals surface area contributed by atoms with E-state index < -0.39 is 0 Å². The summed E-state index contributed by atoms with van der Waals surface area (Å²) in [6.45, 7) is 1.41. The standard InChI is InChI=1S/C22H22FN3O2S/c1-28-19-5-3-2-4-18(19)22-25-24-21(29-22)16-10-12-26(13-11-16)20(27)14-15-6-8-17(23)9-7-15/h2-9,16H,10-14H2,1H3. The second-order valence-electron chi connectivity index (χ2n) is 7.10. The highest BCUT2D eigenvalue weighted by Gasteiger charge is 2.26. The number of aromatic nitrogens is 2. The minimum absolute atomic E-state index is 0.0852. The Labute approximate surface area is 173 Å². The summed E-state index contributed by atoms with van der Waals surface area (Å²) in [4.78, 5) is 14.4. The van der Waals surface area contributed by atoms with Gasteiger partial charge in [0.2, 0.25) is 5.91 Å². The molecule has 2 aromatic carbocycles. The number of benzene rings is 2. The molecule has 29 heavy (non-hydrogen) atoms. The molecule has 1 aromatic heterocycles. The first-order chi connectivity index (χ1) is 14.1. The summed E-state index contributed by atoms with van der Waals surface area (Å²) in [7, 11) is 1.65. The second-order valence-corrected chi connectivity index (χ2v) is 8.11. The molecule has 1 fully saturated rings. The highest BCUT2D eigenvalue weighted by Crippen LogP contribution is 2.36. The molecule has 1 saturated heterocycles. The Morgan fingerprint density at radius 1 is 1.14 bits per heavy atom. The van der Waals surface area contributed by atoms with Gasteiger partial charge in [-0.1, -0.05) is 35.6 Å². The van der Waals surface area contributed by atoms with Gasteiger partial charge in [-0.3, -0.25) is 4.79 Å². The van der Waals surface area contributed by atoms with Crippen LogP contribution in [0.4, 0.5) is 4.39 Å². The molecule has 2 heterocycles. The lowest BCUT2D eigenvalue weighted by atomic mass is 9.97. The van der Waals surface area contributed by atoms with Crippen LogP contribution < -0.4 is 4.74 Å². The SMILES string of the molecule is COc1ccccc1-c1nnc(C2CCN(C(=O)Cc3ccc(F)cc3)CC2)s1. The Hall–Kier alpha value is -2.80. The summed E-state index contributed by atoms with van der Waals surface area (Å²) >= 11 is 1.59. The van der Waals surface area contributed by atoms with E-state index in [2.05, 4.69) is 10.2 Å². The molecule has 5 nitrogen and oxygen atoms in total. The number of likely N-dealkylation sites (tertiary alicyclic amines) is 1. The summed E-state index contributed by atoms with van der Waals surface area (Å²) in [6.07, 6.45) is 2.05. The lowest BCUT2D eigenvalue weighted by molar-refractivity contribution is -0.131. The van der Waals surface area contributed by atoms with Gasteiger partial charge in [-0.25, -0.2) is 4.39 Å². The minimum atomic E-state index is -0.286. The van der Waals surface area contributed by atoms with Crippen molar-refractivity contribution in [2.75, 3.05) is 20.2 Å². The van der Waals surface area contributed by atoms with Gasteiger partial charge in [0.25, 0.3) is 0 Å². The molecule has 1 amide bonds. The Morgan fingerprint density at radius 3 is 2.59 bits per heavy atom. The Bertz CT molecular complexity index is 982. The third kappa shape index (κ3) is 4.45. The summed E-state index contributed by atoms with van der Waals surface area (Å²) < 4.78 is 18.4. The molecule has 0 saturated carbocycles. The van der Waals surface area contributed by atoms with E-state index in [1.54, 1.807) is 30.6 Å². The molecule has 7 heteroatoms. The number of halogens is 1. The van der Waals surface area contributed by atoms with E-state index in [9.17, 15) is 9.18 Å². The van der Waals surface area contributed by atoms with Crippen molar-refractivity contribution in [3.8, 4) is 16.3 Å². The zero-order valence-electron chi connectivity index (χ0n) is 16.2. The van der Waals surface area contributed by atoms with Crippen molar-refractivity contribution in [1.29, 1.82) is 0 Å². The fraction of sp³-hybridized carbons (Fsp3) is 0.318. The van der Waals surface area contributed by atoms with E-state index >= 15 is 0 Å². The first-order valence-electron chi connectivity index (χ1n) is 9.63. The molecular weight excluding hydrogens is 389 g/mol. The molecule has 0 atom stereocenters. The van der Waals surface area contributed by atoms with E-state index in [1.807, 2.05) is 29.2 Å². The summed E-state index contributed by atoms with van der Waals surface area (Å²) in [6, 6.07) is 13.9.